The number of rotatable bonds is 6. The molecule has 17 heavy (non-hydrogen) atoms. The SMILES string of the molecule is CCC(C)C(=O)Nc1nnc(C(CC)CC)s1. The van der Waals surface area contributed by atoms with Crippen molar-refractivity contribution in [2.75, 3.05) is 5.32 Å². The van der Waals surface area contributed by atoms with Crippen LogP contribution in [0.15, 0.2) is 0 Å². The quantitative estimate of drug-likeness (QED) is 0.847. The summed E-state index contributed by atoms with van der Waals surface area (Å²) in [6, 6.07) is 0. The Labute approximate surface area is 107 Å². The second-order valence-corrected chi connectivity index (χ2v) is 5.27. The van der Waals surface area contributed by atoms with Crippen LogP contribution in [0.25, 0.3) is 0 Å². The van der Waals surface area contributed by atoms with Crippen LogP contribution in [0.3, 0.4) is 0 Å². The highest BCUT2D eigenvalue weighted by molar-refractivity contribution is 7.15. The number of carbonyl (C=O) groups is 1. The van der Waals surface area contributed by atoms with Crippen molar-refractivity contribution in [1.29, 1.82) is 0 Å². The fraction of sp³-hybridized carbons (Fsp3) is 0.750. The first-order valence-corrected chi connectivity index (χ1v) is 7.08. The Hall–Kier alpha value is -0.970. The van der Waals surface area contributed by atoms with E-state index in [2.05, 4.69) is 29.4 Å². The minimum Gasteiger partial charge on any atom is -0.300 e. The number of anilines is 1. The molecule has 1 aromatic rings. The molecular formula is C12H21N3OS. The second-order valence-electron chi connectivity index (χ2n) is 4.26. The van der Waals surface area contributed by atoms with Crippen LogP contribution in [-0.4, -0.2) is 16.1 Å². The van der Waals surface area contributed by atoms with Gasteiger partial charge in [0.15, 0.2) is 0 Å². The van der Waals surface area contributed by atoms with Crippen molar-refractivity contribution in [3.63, 3.8) is 0 Å². The van der Waals surface area contributed by atoms with Crippen LogP contribution in [0.4, 0.5) is 5.13 Å². The van der Waals surface area contributed by atoms with E-state index in [0.717, 1.165) is 24.3 Å². The number of aromatic nitrogens is 2. The van der Waals surface area contributed by atoms with Gasteiger partial charge in [-0.05, 0) is 19.3 Å². The first kappa shape index (κ1) is 14.1. The van der Waals surface area contributed by atoms with Gasteiger partial charge in [0.25, 0.3) is 0 Å². The predicted octanol–water partition coefficient (Wildman–Crippen LogP) is 3.43. The number of carbonyl (C=O) groups excluding carboxylic acids is 1. The second kappa shape index (κ2) is 6.69. The minimum absolute atomic E-state index is 0.0236. The zero-order valence-corrected chi connectivity index (χ0v) is 11.8. The maximum Gasteiger partial charge on any atom is 0.229 e. The van der Waals surface area contributed by atoms with E-state index in [-0.39, 0.29) is 11.8 Å². The molecule has 4 nitrogen and oxygen atoms in total. The molecule has 1 amide bonds. The van der Waals surface area contributed by atoms with Gasteiger partial charge in [0.1, 0.15) is 5.01 Å². The largest absolute Gasteiger partial charge is 0.300 e. The Morgan fingerprint density at radius 2 is 1.88 bits per heavy atom. The van der Waals surface area contributed by atoms with E-state index in [9.17, 15) is 4.79 Å². The van der Waals surface area contributed by atoms with Gasteiger partial charge in [-0.1, -0.05) is 39.0 Å². The van der Waals surface area contributed by atoms with E-state index in [0.29, 0.717) is 11.0 Å². The Kier molecular flexibility index (Phi) is 5.55. The van der Waals surface area contributed by atoms with Gasteiger partial charge in [0.05, 0.1) is 0 Å². The third kappa shape index (κ3) is 3.77. The Morgan fingerprint density at radius 3 is 2.41 bits per heavy atom. The fourth-order valence-corrected chi connectivity index (χ4v) is 2.51. The van der Waals surface area contributed by atoms with Crippen molar-refractivity contribution < 1.29 is 4.79 Å². The van der Waals surface area contributed by atoms with Crippen LogP contribution in [0.5, 0.6) is 0 Å². The molecule has 1 rings (SSSR count). The van der Waals surface area contributed by atoms with Crippen LogP contribution in [-0.2, 0) is 4.79 Å². The molecule has 0 aliphatic carbocycles. The third-order valence-corrected chi connectivity index (χ3v) is 4.07. The van der Waals surface area contributed by atoms with Crippen LogP contribution in [0.2, 0.25) is 0 Å². The summed E-state index contributed by atoms with van der Waals surface area (Å²) in [5.74, 6) is 0.511. The summed E-state index contributed by atoms with van der Waals surface area (Å²) >= 11 is 1.49. The summed E-state index contributed by atoms with van der Waals surface area (Å²) in [6.45, 7) is 8.21. The number of hydrogen-bond acceptors (Lipinski definition) is 4. The van der Waals surface area contributed by atoms with E-state index >= 15 is 0 Å². The molecule has 96 valence electrons. The highest BCUT2D eigenvalue weighted by atomic mass is 32.1. The lowest BCUT2D eigenvalue weighted by atomic mass is 10.1. The maximum atomic E-state index is 11.7. The molecule has 0 radical (unpaired) electrons. The molecule has 0 aliphatic heterocycles. The first-order chi connectivity index (χ1) is 8.12. The van der Waals surface area contributed by atoms with E-state index in [4.69, 9.17) is 0 Å². The Morgan fingerprint density at radius 1 is 1.24 bits per heavy atom. The van der Waals surface area contributed by atoms with Crippen LogP contribution < -0.4 is 5.32 Å². The minimum atomic E-state index is 0.0236. The highest BCUT2D eigenvalue weighted by Gasteiger charge is 2.16. The summed E-state index contributed by atoms with van der Waals surface area (Å²) in [4.78, 5) is 11.7. The van der Waals surface area contributed by atoms with Crippen LogP contribution in [0, 0.1) is 5.92 Å². The zero-order valence-electron chi connectivity index (χ0n) is 11.0. The van der Waals surface area contributed by atoms with Crippen molar-refractivity contribution in [2.45, 2.75) is 52.9 Å². The molecule has 0 saturated heterocycles. The highest BCUT2D eigenvalue weighted by Crippen LogP contribution is 2.28. The lowest BCUT2D eigenvalue weighted by Crippen LogP contribution is -2.19. The first-order valence-electron chi connectivity index (χ1n) is 6.26. The topological polar surface area (TPSA) is 54.9 Å². The zero-order chi connectivity index (χ0) is 12.8. The average molecular weight is 255 g/mol. The van der Waals surface area contributed by atoms with Crippen molar-refractivity contribution in [3.8, 4) is 0 Å². The number of amides is 1. The molecular weight excluding hydrogens is 234 g/mol. The maximum absolute atomic E-state index is 11.7. The van der Waals surface area contributed by atoms with E-state index < -0.39 is 0 Å². The molecule has 0 fully saturated rings. The summed E-state index contributed by atoms with van der Waals surface area (Å²) in [5.41, 5.74) is 0. The fourth-order valence-electron chi connectivity index (χ4n) is 1.50. The van der Waals surface area contributed by atoms with E-state index in [1.165, 1.54) is 11.3 Å². The van der Waals surface area contributed by atoms with Gasteiger partial charge in [0.2, 0.25) is 11.0 Å². The van der Waals surface area contributed by atoms with Crippen molar-refractivity contribution in [1.82, 2.24) is 10.2 Å². The normalized spacial score (nSPS) is 12.8. The molecule has 0 spiro atoms. The lowest BCUT2D eigenvalue weighted by molar-refractivity contribution is -0.119. The van der Waals surface area contributed by atoms with Gasteiger partial charge >= 0.3 is 0 Å². The van der Waals surface area contributed by atoms with E-state index in [1.807, 2.05) is 13.8 Å². The van der Waals surface area contributed by atoms with Gasteiger partial charge in [-0.25, -0.2) is 0 Å². The molecule has 5 heteroatoms. The Balaban J connectivity index is 2.65. The van der Waals surface area contributed by atoms with Crippen molar-refractivity contribution in [3.05, 3.63) is 5.01 Å². The number of nitrogens with one attached hydrogen (secondary N) is 1. The van der Waals surface area contributed by atoms with Gasteiger partial charge in [0, 0.05) is 11.8 Å². The summed E-state index contributed by atoms with van der Waals surface area (Å²) in [7, 11) is 0. The standard InChI is InChI=1S/C12H21N3OS/c1-5-8(4)10(16)13-12-15-14-11(17-12)9(6-2)7-3/h8-9H,5-7H2,1-4H3,(H,13,15,16). The molecule has 1 aromatic heterocycles. The smallest absolute Gasteiger partial charge is 0.229 e. The van der Waals surface area contributed by atoms with Crippen molar-refractivity contribution >= 4 is 22.4 Å². The average Bonchev–Trinajstić information content (AvgIpc) is 2.78. The molecule has 0 aromatic carbocycles. The van der Waals surface area contributed by atoms with Gasteiger partial charge in [-0.3, -0.25) is 4.79 Å². The monoisotopic (exact) mass is 255 g/mol. The number of nitrogens with zero attached hydrogens (tertiary/aromatic N) is 2. The molecule has 0 aliphatic rings. The van der Waals surface area contributed by atoms with Crippen LogP contribution >= 0.6 is 11.3 Å². The number of hydrogen-bond donors (Lipinski definition) is 1. The molecule has 0 bridgehead atoms. The summed E-state index contributed by atoms with van der Waals surface area (Å²) in [5, 5.41) is 12.6. The van der Waals surface area contributed by atoms with E-state index in [1.54, 1.807) is 0 Å². The summed E-state index contributed by atoms with van der Waals surface area (Å²) in [6.07, 6.45) is 2.96. The molecule has 1 unspecified atom stereocenters. The molecule has 1 N–H and O–H groups in total. The molecule has 0 saturated carbocycles. The molecule has 1 atom stereocenters. The van der Waals surface area contributed by atoms with Gasteiger partial charge in [-0.2, -0.15) is 0 Å². The lowest BCUT2D eigenvalue weighted by Gasteiger charge is -2.07. The predicted molar refractivity (Wildman–Crippen MR) is 71.3 cm³/mol. The Bertz CT molecular complexity index is 360. The third-order valence-electron chi connectivity index (χ3n) is 3.07. The summed E-state index contributed by atoms with van der Waals surface area (Å²) < 4.78 is 0. The molecule has 1 heterocycles. The van der Waals surface area contributed by atoms with Crippen molar-refractivity contribution in [2.24, 2.45) is 5.92 Å². The van der Waals surface area contributed by atoms with Crippen LogP contribution in [0.1, 0.15) is 57.9 Å². The van der Waals surface area contributed by atoms with Gasteiger partial charge in [-0.15, -0.1) is 10.2 Å². The van der Waals surface area contributed by atoms with Gasteiger partial charge < -0.3 is 5.32 Å².